The Labute approximate surface area is 290 Å². The van der Waals surface area contributed by atoms with Crippen molar-refractivity contribution >= 4 is 65.3 Å². The first-order valence-corrected chi connectivity index (χ1v) is 17.8. The van der Waals surface area contributed by atoms with E-state index in [-0.39, 0.29) is 21.5 Å². The van der Waals surface area contributed by atoms with Crippen LogP contribution in [0.5, 0.6) is 0 Å². The molecule has 2 aliphatic carbocycles. The average molecular weight is 745 g/mol. The van der Waals surface area contributed by atoms with Crippen molar-refractivity contribution in [3.05, 3.63) is 167 Å². The number of nitrogens with zero attached hydrogens (tertiary/aromatic N) is 2. The number of rotatable bonds is 2. The highest BCUT2D eigenvalue weighted by molar-refractivity contribution is 9.09. The summed E-state index contributed by atoms with van der Waals surface area (Å²) in [6.45, 7) is 0. The van der Waals surface area contributed by atoms with E-state index in [2.05, 4.69) is 141 Å². The van der Waals surface area contributed by atoms with E-state index in [0.29, 0.717) is 0 Å². The lowest BCUT2D eigenvalue weighted by atomic mass is 9.67. The number of pyridine rings is 2. The Kier molecular flexibility index (Phi) is 7.97. The second-order valence-electron chi connectivity index (χ2n) is 11.9. The van der Waals surface area contributed by atoms with Crippen molar-refractivity contribution < 1.29 is 0 Å². The molecular weight excluding hydrogens is 716 g/mol. The van der Waals surface area contributed by atoms with E-state index in [9.17, 15) is 0 Å². The van der Waals surface area contributed by atoms with Gasteiger partial charge in [-0.05, 0) is 64.1 Å². The molecule has 5 heteroatoms. The van der Waals surface area contributed by atoms with Crippen LogP contribution in [0.4, 0.5) is 0 Å². The summed E-state index contributed by atoms with van der Waals surface area (Å²) < 4.78 is 0. The second-order valence-corrected chi connectivity index (χ2v) is 14.3. The Balaban J connectivity index is 0.000000398. The number of para-hydroxylation sites is 2. The highest BCUT2D eigenvalue weighted by Gasteiger charge is 2.47. The number of benzene rings is 5. The number of alkyl halides is 2. The predicted molar refractivity (Wildman–Crippen MR) is 199 cm³/mol. The van der Waals surface area contributed by atoms with Crippen LogP contribution in [-0.2, 0) is 0 Å². The molecule has 9 rings (SSSR count). The van der Waals surface area contributed by atoms with Crippen molar-refractivity contribution in [3.63, 3.8) is 0 Å². The van der Waals surface area contributed by atoms with E-state index >= 15 is 0 Å². The molecule has 2 aliphatic rings. The zero-order valence-electron chi connectivity index (χ0n) is 24.8. The quantitative estimate of drug-likeness (QED) is 0.165. The highest BCUT2D eigenvalue weighted by atomic mass is 79.9. The van der Waals surface area contributed by atoms with Gasteiger partial charge in [-0.1, -0.05) is 159 Å². The summed E-state index contributed by atoms with van der Waals surface area (Å²) in [4.78, 5) is 11.0. The van der Waals surface area contributed by atoms with Gasteiger partial charge in [0.05, 0.1) is 32.1 Å². The minimum Gasteiger partial charge on any atom is -0.252 e. The molecule has 0 aliphatic heterocycles. The fourth-order valence-corrected chi connectivity index (χ4v) is 9.28. The van der Waals surface area contributed by atoms with Gasteiger partial charge in [-0.3, -0.25) is 9.97 Å². The van der Waals surface area contributed by atoms with Crippen LogP contribution in [0.25, 0.3) is 44.1 Å². The molecule has 0 saturated heterocycles. The molecule has 0 saturated carbocycles. The van der Waals surface area contributed by atoms with Gasteiger partial charge in [-0.2, -0.15) is 0 Å². The van der Waals surface area contributed by atoms with Gasteiger partial charge in [-0.15, -0.1) is 0 Å². The third kappa shape index (κ3) is 5.08. The Bertz CT molecular complexity index is 2050. The van der Waals surface area contributed by atoms with Crippen LogP contribution in [0, 0.1) is 0 Å². The summed E-state index contributed by atoms with van der Waals surface area (Å²) in [5.74, 6) is 0.479. The summed E-state index contributed by atoms with van der Waals surface area (Å²) >= 11 is 14.0. The average Bonchev–Trinajstić information content (AvgIpc) is 3.11. The van der Waals surface area contributed by atoms with Crippen LogP contribution < -0.4 is 0 Å². The number of aromatic nitrogens is 2. The molecule has 5 aromatic carbocycles. The smallest absolute Gasteiger partial charge is 0.0711 e. The van der Waals surface area contributed by atoms with Crippen LogP contribution in [0.1, 0.15) is 50.4 Å². The standard InChI is InChI=1S/C35H24Br2N2.C6H5Cl/c36-32-24-19-25(34-30(32)28(20-11-3-1-4-12-20)22-15-7-9-17-26(22)38-34)33(37)31-29(21-13-5-2-6-14-21)23-16-8-10-18-27(23)39-35(24)31;7-6-4-2-1-3-5-6/h1-18,24-25,32-33H,19H2;1-5H/t24-,25-,32+,33+;/m0./s1. The Morgan fingerprint density at radius 1 is 0.478 bits per heavy atom. The maximum atomic E-state index is 5.54. The first-order chi connectivity index (χ1) is 22.6. The van der Waals surface area contributed by atoms with Crippen LogP contribution >= 0.6 is 43.5 Å². The molecule has 2 aromatic heterocycles. The topological polar surface area (TPSA) is 25.8 Å². The van der Waals surface area contributed by atoms with Gasteiger partial charge in [0.1, 0.15) is 0 Å². The Hall–Kier alpha value is -3.83. The molecule has 0 spiro atoms. The molecule has 2 heterocycles. The van der Waals surface area contributed by atoms with Crippen molar-refractivity contribution in [2.24, 2.45) is 0 Å². The zero-order valence-corrected chi connectivity index (χ0v) is 28.8. The van der Waals surface area contributed by atoms with Crippen molar-refractivity contribution in [3.8, 4) is 22.3 Å². The first kappa shape index (κ1) is 29.6. The summed E-state index contributed by atoms with van der Waals surface area (Å²) in [5.41, 5.74) is 12.2. The van der Waals surface area contributed by atoms with E-state index < -0.39 is 0 Å². The van der Waals surface area contributed by atoms with Crippen LogP contribution in [0.2, 0.25) is 5.02 Å². The maximum absolute atomic E-state index is 5.54. The molecule has 2 bridgehead atoms. The van der Waals surface area contributed by atoms with Gasteiger partial charge < -0.3 is 0 Å². The Morgan fingerprint density at radius 2 is 0.848 bits per heavy atom. The minimum atomic E-state index is 0.104. The van der Waals surface area contributed by atoms with Gasteiger partial charge in [-0.25, -0.2) is 0 Å². The van der Waals surface area contributed by atoms with Gasteiger partial charge in [0, 0.05) is 27.6 Å². The summed E-state index contributed by atoms with van der Waals surface area (Å²) in [7, 11) is 0. The monoisotopic (exact) mass is 742 g/mol. The van der Waals surface area contributed by atoms with Gasteiger partial charge in [0.15, 0.2) is 0 Å². The lowest BCUT2D eigenvalue weighted by Crippen LogP contribution is -2.30. The molecular formula is C41H29Br2ClN2. The van der Waals surface area contributed by atoms with E-state index in [1.807, 2.05) is 30.3 Å². The molecule has 0 amide bonds. The van der Waals surface area contributed by atoms with Crippen molar-refractivity contribution in [2.45, 2.75) is 27.9 Å². The number of fused-ring (bicyclic) bond motifs is 8. The molecule has 0 unspecified atom stereocenters. The predicted octanol–water partition coefficient (Wildman–Crippen LogP) is 12.6. The van der Waals surface area contributed by atoms with Crippen LogP contribution in [0.3, 0.4) is 0 Å². The first-order valence-electron chi connectivity index (χ1n) is 15.5. The number of hydrogen-bond acceptors (Lipinski definition) is 2. The van der Waals surface area contributed by atoms with E-state index in [1.165, 1.54) is 55.5 Å². The minimum absolute atomic E-state index is 0.104. The van der Waals surface area contributed by atoms with Gasteiger partial charge in [0.2, 0.25) is 0 Å². The van der Waals surface area contributed by atoms with Gasteiger partial charge >= 0.3 is 0 Å². The largest absolute Gasteiger partial charge is 0.252 e. The van der Waals surface area contributed by atoms with E-state index in [0.717, 1.165) is 22.5 Å². The molecule has 46 heavy (non-hydrogen) atoms. The molecule has 0 N–H and O–H groups in total. The second kappa shape index (κ2) is 12.4. The molecule has 4 atom stereocenters. The highest BCUT2D eigenvalue weighted by Crippen LogP contribution is 2.63. The molecule has 0 fully saturated rings. The zero-order chi connectivity index (χ0) is 31.2. The molecule has 7 aromatic rings. The fourth-order valence-electron chi connectivity index (χ4n) is 7.28. The molecule has 0 radical (unpaired) electrons. The lowest BCUT2D eigenvalue weighted by Gasteiger charge is -2.44. The normalized spacial score (nSPS) is 19.5. The lowest BCUT2D eigenvalue weighted by molar-refractivity contribution is 0.437. The molecule has 224 valence electrons. The van der Waals surface area contributed by atoms with E-state index in [4.69, 9.17) is 21.6 Å². The third-order valence-corrected chi connectivity index (χ3v) is 11.7. The fraction of sp³-hybridized carbons (Fsp3) is 0.122. The van der Waals surface area contributed by atoms with Crippen molar-refractivity contribution in [1.82, 2.24) is 9.97 Å². The summed E-state index contributed by atoms with van der Waals surface area (Å²) in [6.07, 6.45) is 1.00. The van der Waals surface area contributed by atoms with Crippen LogP contribution in [-0.4, -0.2) is 9.97 Å². The Morgan fingerprint density at radius 3 is 1.24 bits per heavy atom. The van der Waals surface area contributed by atoms with Crippen LogP contribution in [0.15, 0.2) is 140 Å². The maximum Gasteiger partial charge on any atom is 0.0711 e. The molecule has 2 nitrogen and oxygen atoms in total. The number of hydrogen-bond donors (Lipinski definition) is 0. The number of halogens is 3. The third-order valence-electron chi connectivity index (χ3n) is 9.25. The SMILES string of the molecule is Br[C@H]1c2c(nc3ccccc3c2-c2ccccc2)[C@H]2C[C@@H]1c1nc3ccccc3c(-c3ccccc3)c1[C@@H]2Br.Clc1ccccc1. The summed E-state index contributed by atoms with van der Waals surface area (Å²) in [5, 5.41) is 3.20. The van der Waals surface area contributed by atoms with Crippen molar-refractivity contribution in [2.75, 3.05) is 0 Å². The van der Waals surface area contributed by atoms with Crippen molar-refractivity contribution in [1.29, 1.82) is 0 Å². The van der Waals surface area contributed by atoms with Gasteiger partial charge in [0.25, 0.3) is 0 Å². The summed E-state index contributed by atoms with van der Waals surface area (Å²) in [6, 6.07) is 48.2. The van der Waals surface area contributed by atoms with E-state index in [1.54, 1.807) is 0 Å².